The van der Waals surface area contributed by atoms with Crippen LogP contribution in [-0.4, -0.2) is 49.2 Å². The standard InChI is InChI=1S/C18H21ClO8S/c1-8-11-7-27-18(23)13(11)14(20)10(15(8)26-3)5-6-12(19)9(2)16(17(21)22)28(4,24)25/h6,9,16,20H,5,7H2,1-4H3,(H,21,22)/b12-6+. The lowest BCUT2D eigenvalue weighted by molar-refractivity contribution is -0.137. The molecule has 8 nitrogen and oxygen atoms in total. The number of fused-ring (bicyclic) bond motifs is 1. The lowest BCUT2D eigenvalue weighted by Gasteiger charge is -2.19. The third-order valence-electron chi connectivity index (χ3n) is 4.74. The second-order valence-electron chi connectivity index (χ2n) is 6.59. The minimum Gasteiger partial charge on any atom is -0.507 e. The molecule has 28 heavy (non-hydrogen) atoms. The van der Waals surface area contributed by atoms with E-state index in [9.17, 15) is 28.2 Å². The van der Waals surface area contributed by atoms with Crippen molar-refractivity contribution >= 4 is 33.4 Å². The molecule has 0 saturated heterocycles. The van der Waals surface area contributed by atoms with Crippen molar-refractivity contribution < 1.29 is 37.7 Å². The number of carbonyl (C=O) groups is 2. The van der Waals surface area contributed by atoms with Crippen LogP contribution in [0.25, 0.3) is 0 Å². The lowest BCUT2D eigenvalue weighted by Crippen LogP contribution is -2.35. The van der Waals surface area contributed by atoms with Crippen molar-refractivity contribution in [3.8, 4) is 11.5 Å². The fourth-order valence-electron chi connectivity index (χ4n) is 3.33. The number of carbonyl (C=O) groups excluding carboxylic acids is 1. The molecular weight excluding hydrogens is 412 g/mol. The molecule has 1 aromatic rings. The fourth-order valence-corrected chi connectivity index (χ4v) is 4.86. The van der Waals surface area contributed by atoms with Crippen molar-refractivity contribution in [3.63, 3.8) is 0 Å². The molecule has 0 fully saturated rings. The molecule has 154 valence electrons. The van der Waals surface area contributed by atoms with Crippen molar-refractivity contribution in [3.05, 3.63) is 33.4 Å². The van der Waals surface area contributed by atoms with Crippen molar-refractivity contribution in [2.45, 2.75) is 32.1 Å². The topological polar surface area (TPSA) is 127 Å². The summed E-state index contributed by atoms with van der Waals surface area (Å²) in [5.74, 6) is -3.11. The summed E-state index contributed by atoms with van der Waals surface area (Å²) in [6.07, 6.45) is 2.23. The zero-order valence-corrected chi connectivity index (χ0v) is 17.3. The molecule has 2 rings (SSSR count). The van der Waals surface area contributed by atoms with Crippen LogP contribution in [0.1, 0.15) is 34.0 Å². The number of phenolic OH excluding ortho intramolecular Hbond substituents is 1. The van der Waals surface area contributed by atoms with Gasteiger partial charge in [0.15, 0.2) is 15.1 Å². The zero-order valence-electron chi connectivity index (χ0n) is 15.8. The SMILES string of the molecule is COc1c(C)c2c(c(O)c1C/C=C(/Cl)C(C)C(C(=O)O)S(C)(=O)=O)C(=O)OC2. The number of sulfone groups is 1. The second-order valence-corrected chi connectivity index (χ2v) is 9.19. The first-order chi connectivity index (χ1) is 12.9. The first kappa shape index (κ1) is 22.0. The Kier molecular flexibility index (Phi) is 6.30. The van der Waals surface area contributed by atoms with Crippen molar-refractivity contribution in [2.75, 3.05) is 13.4 Å². The number of aromatic hydroxyl groups is 1. The van der Waals surface area contributed by atoms with Gasteiger partial charge in [-0.15, -0.1) is 0 Å². The molecule has 1 aliphatic heterocycles. The van der Waals surface area contributed by atoms with E-state index in [1.807, 2.05) is 0 Å². The van der Waals surface area contributed by atoms with Gasteiger partial charge < -0.3 is 19.7 Å². The van der Waals surface area contributed by atoms with E-state index >= 15 is 0 Å². The van der Waals surface area contributed by atoms with E-state index in [2.05, 4.69) is 0 Å². The Bertz CT molecular complexity index is 965. The van der Waals surface area contributed by atoms with Gasteiger partial charge in [0, 0.05) is 28.3 Å². The number of rotatable bonds is 7. The molecule has 1 aliphatic rings. The Labute approximate surface area is 167 Å². The highest BCUT2D eigenvalue weighted by Gasteiger charge is 2.36. The summed E-state index contributed by atoms with van der Waals surface area (Å²) in [5, 5.41) is 18.1. The highest BCUT2D eigenvalue weighted by Crippen LogP contribution is 2.42. The summed E-state index contributed by atoms with van der Waals surface area (Å²) in [4.78, 5) is 23.3. The van der Waals surface area contributed by atoms with Crippen LogP contribution >= 0.6 is 11.6 Å². The summed E-state index contributed by atoms with van der Waals surface area (Å²) < 4.78 is 33.9. The lowest BCUT2D eigenvalue weighted by atomic mass is 9.95. The van der Waals surface area contributed by atoms with Gasteiger partial charge in [0.05, 0.1) is 7.11 Å². The summed E-state index contributed by atoms with van der Waals surface area (Å²) >= 11 is 6.18. The number of esters is 1. The zero-order chi connectivity index (χ0) is 21.4. The number of carboxylic acids is 1. The number of hydrogen-bond acceptors (Lipinski definition) is 7. The van der Waals surface area contributed by atoms with Gasteiger partial charge >= 0.3 is 11.9 Å². The van der Waals surface area contributed by atoms with E-state index in [1.165, 1.54) is 20.1 Å². The highest BCUT2D eigenvalue weighted by molar-refractivity contribution is 7.92. The van der Waals surface area contributed by atoms with Crippen LogP contribution in [0.5, 0.6) is 11.5 Å². The van der Waals surface area contributed by atoms with Gasteiger partial charge in [-0.1, -0.05) is 24.6 Å². The van der Waals surface area contributed by atoms with Gasteiger partial charge in [-0.25, -0.2) is 13.2 Å². The molecule has 1 aromatic carbocycles. The first-order valence-corrected chi connectivity index (χ1v) is 10.6. The van der Waals surface area contributed by atoms with Crippen LogP contribution in [-0.2, 0) is 32.4 Å². The van der Waals surface area contributed by atoms with E-state index in [4.69, 9.17) is 21.1 Å². The van der Waals surface area contributed by atoms with E-state index < -0.39 is 32.9 Å². The molecular formula is C18H21ClO8S. The number of ether oxygens (including phenoxy) is 2. The normalized spacial score (nSPS) is 16.3. The van der Waals surface area contributed by atoms with Gasteiger partial charge in [-0.3, -0.25) is 4.79 Å². The first-order valence-electron chi connectivity index (χ1n) is 8.27. The molecule has 0 amide bonds. The fraction of sp³-hybridized carbons (Fsp3) is 0.444. The van der Waals surface area contributed by atoms with Crippen LogP contribution in [0.4, 0.5) is 0 Å². The number of hydrogen-bond donors (Lipinski definition) is 2. The molecule has 0 aromatic heterocycles. The van der Waals surface area contributed by atoms with E-state index in [1.54, 1.807) is 6.92 Å². The largest absolute Gasteiger partial charge is 0.507 e. The summed E-state index contributed by atoms with van der Waals surface area (Å²) in [5.41, 5.74) is 1.50. The predicted molar refractivity (Wildman–Crippen MR) is 102 cm³/mol. The number of carboxylic acid groups (broad SMARTS) is 1. The minimum absolute atomic E-state index is 0.00000567. The highest BCUT2D eigenvalue weighted by atomic mass is 35.5. The molecule has 2 N–H and O–H groups in total. The number of benzene rings is 1. The molecule has 0 aliphatic carbocycles. The van der Waals surface area contributed by atoms with Crippen molar-refractivity contribution in [2.24, 2.45) is 5.92 Å². The second kappa shape index (κ2) is 8.00. The Balaban J connectivity index is 2.46. The number of methoxy groups -OCH3 is 1. The van der Waals surface area contributed by atoms with Gasteiger partial charge in [0.2, 0.25) is 0 Å². The Morgan fingerprint density at radius 1 is 1.43 bits per heavy atom. The van der Waals surface area contributed by atoms with Gasteiger partial charge in [-0.2, -0.15) is 0 Å². The molecule has 10 heteroatoms. The van der Waals surface area contributed by atoms with Crippen LogP contribution in [0.2, 0.25) is 0 Å². The summed E-state index contributed by atoms with van der Waals surface area (Å²) in [6.45, 7) is 3.15. The van der Waals surface area contributed by atoms with Crippen molar-refractivity contribution in [1.29, 1.82) is 0 Å². The average Bonchev–Trinajstić information content (AvgIpc) is 2.96. The minimum atomic E-state index is -3.89. The molecule has 2 unspecified atom stereocenters. The number of aliphatic carboxylic acids is 1. The maximum atomic E-state index is 11.9. The summed E-state index contributed by atoms with van der Waals surface area (Å²) in [7, 11) is -2.48. The Morgan fingerprint density at radius 3 is 2.54 bits per heavy atom. The van der Waals surface area contributed by atoms with Crippen LogP contribution in [0, 0.1) is 12.8 Å². The monoisotopic (exact) mass is 432 g/mol. The number of cyclic esters (lactones) is 1. The molecule has 0 radical (unpaired) electrons. The Morgan fingerprint density at radius 2 is 2.04 bits per heavy atom. The Hall–Kier alpha value is -2.26. The van der Waals surface area contributed by atoms with Gasteiger partial charge in [0.1, 0.15) is 23.7 Å². The third kappa shape index (κ3) is 3.95. The van der Waals surface area contributed by atoms with E-state index in [0.717, 1.165) is 6.26 Å². The number of allylic oxidation sites excluding steroid dienone is 2. The van der Waals surface area contributed by atoms with Crippen LogP contribution in [0.15, 0.2) is 11.1 Å². The van der Waals surface area contributed by atoms with Crippen molar-refractivity contribution in [1.82, 2.24) is 0 Å². The summed E-state index contributed by atoms with van der Waals surface area (Å²) in [6, 6.07) is 0. The molecule has 1 heterocycles. The quantitative estimate of drug-likeness (QED) is 0.627. The van der Waals surface area contributed by atoms with Gasteiger partial charge in [-0.05, 0) is 18.9 Å². The molecule has 0 bridgehead atoms. The molecule has 0 saturated carbocycles. The van der Waals surface area contributed by atoms with E-state index in [0.29, 0.717) is 16.9 Å². The maximum absolute atomic E-state index is 11.9. The third-order valence-corrected chi connectivity index (χ3v) is 6.77. The van der Waals surface area contributed by atoms with E-state index in [-0.39, 0.29) is 34.9 Å². The smallest absolute Gasteiger partial charge is 0.342 e. The number of phenols is 1. The molecule has 2 atom stereocenters. The number of halogens is 1. The predicted octanol–water partition coefficient (Wildman–Crippen LogP) is 2.18. The average molecular weight is 433 g/mol. The molecule has 0 spiro atoms. The van der Waals surface area contributed by atoms with Crippen LogP contribution in [0.3, 0.4) is 0 Å². The van der Waals surface area contributed by atoms with Crippen LogP contribution < -0.4 is 4.74 Å². The maximum Gasteiger partial charge on any atom is 0.342 e. The van der Waals surface area contributed by atoms with Gasteiger partial charge in [0.25, 0.3) is 0 Å².